The first-order valence-electron chi connectivity index (χ1n) is 27.6. The summed E-state index contributed by atoms with van der Waals surface area (Å²) in [5.74, 6) is -9.28. The molecule has 0 aromatic rings. The summed E-state index contributed by atoms with van der Waals surface area (Å²) in [5, 5.41) is 23.6. The van der Waals surface area contributed by atoms with Gasteiger partial charge in [-0.25, -0.2) is 4.79 Å². The molecule has 4 rings (SSSR count). The zero-order chi connectivity index (χ0) is 56.3. The SMILES string of the molecule is C=COC(=O)CCCCC(=O)O[C@@H]1CC[C@@H](C[C@@H](C)[C@@H]2CC(=O)[C@H](C)/C=C(\C)[C@@H](O)[C@@H](OC)C(=O)[C@H](C)C[C@H](C)/C=C/C=C/C=C(\C)[C@@H](OC)C[C@@H]3CC[C@@H](C)[C@@](O)(O3)C(=O)C(=O)N3CCCC[C@H]3C(=O)O2)C[C@H]1OC. The Bertz CT molecular complexity index is 2110. The number of carbonyl (C=O) groups is 7. The van der Waals surface area contributed by atoms with Gasteiger partial charge in [-0.15, -0.1) is 0 Å². The number of fused-ring (bicyclic) bond motifs is 3. The molecule has 3 aliphatic heterocycles. The van der Waals surface area contributed by atoms with Crippen molar-refractivity contribution in [1.82, 2.24) is 4.90 Å². The van der Waals surface area contributed by atoms with Crippen LogP contribution in [0.1, 0.15) is 151 Å². The van der Waals surface area contributed by atoms with Crippen molar-refractivity contribution in [2.24, 2.45) is 35.5 Å². The smallest absolute Gasteiger partial charge is 0.329 e. The normalized spacial score (nSPS) is 36.0. The summed E-state index contributed by atoms with van der Waals surface area (Å²) in [4.78, 5) is 97.1. The highest BCUT2D eigenvalue weighted by molar-refractivity contribution is 6.39. The highest BCUT2D eigenvalue weighted by Gasteiger charge is 2.53. The molecule has 1 aliphatic carbocycles. The minimum Gasteiger partial charge on any atom is -0.460 e. The summed E-state index contributed by atoms with van der Waals surface area (Å²) in [7, 11) is 4.49. The zero-order valence-electron chi connectivity index (χ0n) is 46.9. The Morgan fingerprint density at radius 2 is 1.57 bits per heavy atom. The molecule has 0 spiro atoms. The first-order valence-corrected chi connectivity index (χ1v) is 27.6. The molecular formula is C59H89NO16. The van der Waals surface area contributed by atoms with Crippen molar-refractivity contribution in [3.05, 3.63) is 60.4 Å². The van der Waals surface area contributed by atoms with E-state index in [2.05, 4.69) is 6.58 Å². The van der Waals surface area contributed by atoms with Gasteiger partial charge >= 0.3 is 17.9 Å². The number of unbranched alkanes of at least 4 members (excludes halogenated alkanes) is 1. The van der Waals surface area contributed by atoms with Crippen molar-refractivity contribution in [3.8, 4) is 0 Å². The van der Waals surface area contributed by atoms with Crippen LogP contribution in [0.5, 0.6) is 0 Å². The van der Waals surface area contributed by atoms with Crippen LogP contribution in [0.15, 0.2) is 60.4 Å². The summed E-state index contributed by atoms with van der Waals surface area (Å²) in [5.41, 5.74) is 1.22. The molecule has 426 valence electrons. The highest BCUT2D eigenvalue weighted by Crippen LogP contribution is 2.38. The van der Waals surface area contributed by atoms with Crippen LogP contribution in [0.2, 0.25) is 0 Å². The summed E-state index contributed by atoms with van der Waals surface area (Å²) in [6.07, 6.45) is 12.7. The zero-order valence-corrected chi connectivity index (χ0v) is 46.9. The Labute approximate surface area is 451 Å². The predicted octanol–water partition coefficient (Wildman–Crippen LogP) is 7.98. The van der Waals surface area contributed by atoms with Crippen LogP contribution in [0.4, 0.5) is 0 Å². The van der Waals surface area contributed by atoms with E-state index in [0.717, 1.165) is 11.8 Å². The van der Waals surface area contributed by atoms with Crippen LogP contribution < -0.4 is 0 Å². The van der Waals surface area contributed by atoms with E-state index in [-0.39, 0.29) is 55.6 Å². The van der Waals surface area contributed by atoms with Crippen LogP contribution in [0, 0.1) is 35.5 Å². The number of nitrogens with zero attached hydrogens (tertiary/aromatic N) is 1. The molecule has 17 nitrogen and oxygen atoms in total. The van der Waals surface area contributed by atoms with Crippen molar-refractivity contribution in [3.63, 3.8) is 0 Å². The number of Topliss-reactive ketones (excluding diaryl/α,β-unsaturated/α-hetero) is 3. The van der Waals surface area contributed by atoms with Gasteiger partial charge < -0.3 is 48.3 Å². The number of esters is 3. The monoisotopic (exact) mass is 1070 g/mol. The van der Waals surface area contributed by atoms with Gasteiger partial charge in [0.05, 0.1) is 24.6 Å². The molecular weight excluding hydrogens is 979 g/mol. The second-order valence-corrected chi connectivity index (χ2v) is 21.9. The van der Waals surface area contributed by atoms with Crippen molar-refractivity contribution in [2.75, 3.05) is 27.9 Å². The lowest BCUT2D eigenvalue weighted by molar-refractivity contribution is -0.265. The molecule has 3 fully saturated rings. The number of rotatable bonds is 13. The van der Waals surface area contributed by atoms with Crippen molar-refractivity contribution >= 4 is 41.2 Å². The molecule has 1 saturated carbocycles. The number of carbonyl (C=O) groups excluding carboxylic acids is 7. The number of hydrogen-bond acceptors (Lipinski definition) is 16. The number of ether oxygens (including phenoxy) is 7. The van der Waals surface area contributed by atoms with E-state index >= 15 is 0 Å². The number of piperidine rings is 1. The maximum absolute atomic E-state index is 14.6. The lowest BCUT2D eigenvalue weighted by Crippen LogP contribution is -2.61. The fourth-order valence-electron chi connectivity index (χ4n) is 11.2. The first-order chi connectivity index (χ1) is 36.1. The van der Waals surface area contributed by atoms with Gasteiger partial charge in [0.15, 0.2) is 5.78 Å². The molecule has 3 heterocycles. The predicted molar refractivity (Wildman–Crippen MR) is 284 cm³/mol. The second-order valence-electron chi connectivity index (χ2n) is 21.9. The molecule has 0 radical (unpaired) electrons. The Morgan fingerprint density at radius 1 is 0.855 bits per heavy atom. The molecule has 0 aromatic heterocycles. The lowest BCUT2D eigenvalue weighted by atomic mass is 9.78. The van der Waals surface area contributed by atoms with Crippen LogP contribution in [0.3, 0.4) is 0 Å². The summed E-state index contributed by atoms with van der Waals surface area (Å²) < 4.78 is 40.4. The van der Waals surface area contributed by atoms with E-state index in [1.54, 1.807) is 48.0 Å². The Kier molecular flexibility index (Phi) is 26.1. The highest BCUT2D eigenvalue weighted by atomic mass is 16.6. The minimum atomic E-state index is -2.46. The summed E-state index contributed by atoms with van der Waals surface area (Å²) in [6.45, 7) is 16.0. The van der Waals surface area contributed by atoms with Gasteiger partial charge in [0.25, 0.3) is 11.7 Å². The van der Waals surface area contributed by atoms with Crippen molar-refractivity contribution in [2.45, 2.75) is 206 Å². The molecule has 15 atom stereocenters. The van der Waals surface area contributed by atoms with Gasteiger partial charge in [-0.05, 0) is 120 Å². The maximum atomic E-state index is 14.6. The van der Waals surface area contributed by atoms with Crippen LogP contribution in [-0.2, 0) is 66.7 Å². The van der Waals surface area contributed by atoms with Gasteiger partial charge in [-0.1, -0.05) is 77.7 Å². The topological polar surface area (TPSA) is 228 Å². The number of amides is 1. The molecule has 0 aromatic carbocycles. The minimum absolute atomic E-state index is 0.00394. The average molecular weight is 1070 g/mol. The van der Waals surface area contributed by atoms with Crippen molar-refractivity contribution < 1.29 is 76.9 Å². The fourth-order valence-corrected chi connectivity index (χ4v) is 11.2. The van der Waals surface area contributed by atoms with E-state index in [4.69, 9.17) is 33.2 Å². The average Bonchev–Trinajstić information content (AvgIpc) is 3.39. The molecule has 4 aliphatic rings. The molecule has 76 heavy (non-hydrogen) atoms. The van der Waals surface area contributed by atoms with Crippen LogP contribution >= 0.6 is 0 Å². The second kappa shape index (κ2) is 31.1. The molecule has 2 bridgehead atoms. The quantitative estimate of drug-likeness (QED) is 0.0445. The van der Waals surface area contributed by atoms with Gasteiger partial charge in [0, 0.05) is 71.3 Å². The number of ketones is 3. The van der Waals surface area contributed by atoms with Crippen LogP contribution in [0.25, 0.3) is 0 Å². The van der Waals surface area contributed by atoms with E-state index in [1.807, 2.05) is 51.2 Å². The first kappa shape index (κ1) is 63.9. The van der Waals surface area contributed by atoms with E-state index in [0.29, 0.717) is 82.6 Å². The third kappa shape index (κ3) is 18.2. The number of hydrogen-bond donors (Lipinski definition) is 2. The third-order valence-corrected chi connectivity index (χ3v) is 16.0. The van der Waals surface area contributed by atoms with E-state index in [1.165, 1.54) is 12.0 Å². The maximum Gasteiger partial charge on any atom is 0.329 e. The molecule has 2 N–H and O–H groups in total. The Hall–Kier alpha value is -4.65. The largest absolute Gasteiger partial charge is 0.460 e. The number of aliphatic hydroxyl groups is 2. The third-order valence-electron chi connectivity index (χ3n) is 16.0. The van der Waals surface area contributed by atoms with E-state index < -0.39 is 108 Å². The van der Waals surface area contributed by atoms with Gasteiger partial charge in [0.1, 0.15) is 36.2 Å². The molecule has 0 unspecified atom stereocenters. The fraction of sp³-hybridized carbons (Fsp3) is 0.712. The molecule has 17 heteroatoms. The summed E-state index contributed by atoms with van der Waals surface area (Å²) in [6, 6.07) is -1.19. The van der Waals surface area contributed by atoms with Crippen molar-refractivity contribution in [1.29, 1.82) is 0 Å². The van der Waals surface area contributed by atoms with Gasteiger partial charge in [-0.3, -0.25) is 28.8 Å². The molecule has 2 saturated heterocycles. The Morgan fingerprint density at radius 3 is 2.24 bits per heavy atom. The van der Waals surface area contributed by atoms with Crippen LogP contribution in [-0.4, -0.2) is 139 Å². The number of aliphatic hydroxyl groups excluding tert-OH is 1. The molecule has 1 amide bonds. The number of allylic oxidation sites excluding steroid dienone is 6. The Balaban J connectivity index is 1.64. The van der Waals surface area contributed by atoms with E-state index in [9.17, 15) is 43.8 Å². The summed E-state index contributed by atoms with van der Waals surface area (Å²) >= 11 is 0. The van der Waals surface area contributed by atoms with Gasteiger partial charge in [-0.2, -0.15) is 0 Å². The van der Waals surface area contributed by atoms with Gasteiger partial charge in [0.2, 0.25) is 5.79 Å². The number of cyclic esters (lactones) is 1. The standard InChI is InChI=1S/C59H89NO16/c1-12-73-51(62)23-16-17-24-52(63)74-47-28-26-43(33-50(47)71-10)32-39(5)49-35-46(61)38(4)31-41(7)54(65)55(72-11)53(64)40(6)30-36(2)20-14-13-15-21-37(3)48(70-9)34-44-27-25-42(8)59(69,76-44)56(66)57(67)60-29-19-18-22-45(60)58(68)75-49/h12-15,20-21,31,36,38-40,42-45,47-50,54-55,65,69H,1,16-19,22-30,32-35H2,2-11H3/b15-13+,20-14+,37-21+,41-31+/t36-,38-,39-,40-,42-,43+,44+,45+,47-,48+,49+,50-,54-,55+,59-/m1/s1. The number of methoxy groups -OCH3 is 3. The lowest BCUT2D eigenvalue weighted by Gasteiger charge is -2.42.